The topological polar surface area (TPSA) is 122 Å². The zero-order valence-electron chi connectivity index (χ0n) is 13.1. The van der Waals surface area contributed by atoms with Gasteiger partial charge in [-0.1, -0.05) is 19.0 Å². The molecule has 10 heteroatoms. The van der Waals surface area contributed by atoms with Crippen molar-refractivity contribution >= 4 is 16.0 Å². The van der Waals surface area contributed by atoms with E-state index in [2.05, 4.69) is 14.9 Å². The van der Waals surface area contributed by atoms with Gasteiger partial charge in [-0.15, -0.1) is 0 Å². The molecular weight excluding hydrogens is 341 g/mol. The minimum absolute atomic E-state index is 0.00370. The molecule has 0 fully saturated rings. The molecule has 1 heterocycles. The highest BCUT2D eigenvalue weighted by Crippen LogP contribution is 2.21. The SMILES string of the molecule is CC(C)c1noc(C(C)NS(=O)(=O)c2cc(C(=O)O)ccc2F)n1. The fraction of sp³-hybridized carbons (Fsp3) is 0.357. The van der Waals surface area contributed by atoms with Crippen LogP contribution in [0.3, 0.4) is 0 Å². The predicted molar refractivity (Wildman–Crippen MR) is 80.5 cm³/mol. The van der Waals surface area contributed by atoms with Gasteiger partial charge in [0.1, 0.15) is 10.7 Å². The van der Waals surface area contributed by atoms with Crippen molar-refractivity contribution < 1.29 is 27.2 Å². The van der Waals surface area contributed by atoms with E-state index in [0.29, 0.717) is 5.82 Å². The van der Waals surface area contributed by atoms with E-state index in [1.54, 1.807) is 0 Å². The van der Waals surface area contributed by atoms with Gasteiger partial charge in [0.25, 0.3) is 0 Å². The summed E-state index contributed by atoms with van der Waals surface area (Å²) in [6.45, 7) is 5.14. The Bertz CT molecular complexity index is 863. The maximum atomic E-state index is 13.8. The van der Waals surface area contributed by atoms with Crippen molar-refractivity contribution in [3.8, 4) is 0 Å². The van der Waals surface area contributed by atoms with E-state index in [0.717, 1.165) is 18.2 Å². The summed E-state index contributed by atoms with van der Waals surface area (Å²) >= 11 is 0. The number of carboxylic acids is 1. The van der Waals surface area contributed by atoms with E-state index in [9.17, 15) is 17.6 Å². The summed E-state index contributed by atoms with van der Waals surface area (Å²) in [6, 6.07) is 1.60. The molecule has 0 bridgehead atoms. The van der Waals surface area contributed by atoms with Crippen molar-refractivity contribution in [1.29, 1.82) is 0 Å². The Hall–Kier alpha value is -2.33. The number of nitrogens with one attached hydrogen (secondary N) is 1. The van der Waals surface area contributed by atoms with E-state index in [1.165, 1.54) is 6.92 Å². The molecule has 0 radical (unpaired) electrons. The highest BCUT2D eigenvalue weighted by molar-refractivity contribution is 7.89. The Labute approximate surface area is 137 Å². The maximum absolute atomic E-state index is 13.8. The minimum Gasteiger partial charge on any atom is -0.478 e. The Kier molecular flexibility index (Phi) is 4.99. The summed E-state index contributed by atoms with van der Waals surface area (Å²) in [6.07, 6.45) is 0. The molecule has 0 aliphatic heterocycles. The smallest absolute Gasteiger partial charge is 0.335 e. The van der Waals surface area contributed by atoms with E-state index in [4.69, 9.17) is 9.63 Å². The highest BCUT2D eigenvalue weighted by atomic mass is 32.2. The van der Waals surface area contributed by atoms with Crippen LogP contribution in [0.4, 0.5) is 4.39 Å². The number of halogens is 1. The summed E-state index contributed by atoms with van der Waals surface area (Å²) in [5.74, 6) is -1.99. The molecule has 2 rings (SSSR count). The molecule has 24 heavy (non-hydrogen) atoms. The normalized spacial score (nSPS) is 13.2. The third-order valence-electron chi connectivity index (χ3n) is 3.14. The molecule has 2 aromatic rings. The molecule has 0 aliphatic rings. The molecule has 0 spiro atoms. The van der Waals surface area contributed by atoms with Crippen molar-refractivity contribution in [2.75, 3.05) is 0 Å². The molecule has 8 nitrogen and oxygen atoms in total. The molecule has 0 amide bonds. The van der Waals surface area contributed by atoms with Crippen LogP contribution in [-0.2, 0) is 10.0 Å². The zero-order chi connectivity index (χ0) is 18.1. The molecular formula is C14H16FN3O5S. The van der Waals surface area contributed by atoms with E-state index >= 15 is 0 Å². The third kappa shape index (κ3) is 3.77. The van der Waals surface area contributed by atoms with Crippen LogP contribution in [0.1, 0.15) is 54.8 Å². The van der Waals surface area contributed by atoms with Crippen molar-refractivity contribution in [2.24, 2.45) is 0 Å². The number of nitrogens with zero attached hydrogens (tertiary/aromatic N) is 2. The van der Waals surface area contributed by atoms with Crippen LogP contribution in [0.5, 0.6) is 0 Å². The second kappa shape index (κ2) is 6.65. The number of rotatable bonds is 6. The Morgan fingerprint density at radius 1 is 1.33 bits per heavy atom. The van der Waals surface area contributed by atoms with Gasteiger partial charge in [-0.25, -0.2) is 17.6 Å². The lowest BCUT2D eigenvalue weighted by atomic mass is 10.2. The van der Waals surface area contributed by atoms with Crippen molar-refractivity contribution in [3.05, 3.63) is 41.3 Å². The first kappa shape index (κ1) is 18.0. The van der Waals surface area contributed by atoms with E-state index in [-0.39, 0.29) is 17.4 Å². The average Bonchev–Trinajstić information content (AvgIpc) is 2.96. The van der Waals surface area contributed by atoms with Crippen molar-refractivity contribution in [2.45, 2.75) is 37.6 Å². The number of benzene rings is 1. The molecule has 1 aromatic heterocycles. The van der Waals surface area contributed by atoms with Crippen molar-refractivity contribution in [1.82, 2.24) is 14.9 Å². The van der Waals surface area contributed by atoms with Crippen molar-refractivity contribution in [3.63, 3.8) is 0 Å². The van der Waals surface area contributed by atoms with Crippen LogP contribution in [-0.4, -0.2) is 29.6 Å². The monoisotopic (exact) mass is 357 g/mol. The van der Waals surface area contributed by atoms with Crippen LogP contribution in [0.2, 0.25) is 0 Å². The number of carbonyl (C=O) groups is 1. The van der Waals surface area contributed by atoms with Gasteiger partial charge in [0.15, 0.2) is 5.82 Å². The van der Waals surface area contributed by atoms with Crippen LogP contribution in [0.25, 0.3) is 0 Å². The van der Waals surface area contributed by atoms with E-state index < -0.39 is 32.7 Å². The van der Waals surface area contributed by atoms with Gasteiger partial charge in [-0.2, -0.15) is 9.71 Å². The first-order chi connectivity index (χ1) is 11.1. The standard InChI is InChI=1S/C14H16FN3O5S/c1-7(2)12-16-13(23-17-12)8(3)18-24(21,22)11-6-9(14(19)20)4-5-10(11)15/h4-8,18H,1-3H3,(H,19,20). The summed E-state index contributed by atoms with van der Waals surface area (Å²) < 4.78 is 45.6. The van der Waals surface area contributed by atoms with Gasteiger partial charge in [-0.3, -0.25) is 0 Å². The number of hydrogen-bond acceptors (Lipinski definition) is 6. The number of carboxylic acid groups (broad SMARTS) is 1. The molecule has 0 saturated heterocycles. The quantitative estimate of drug-likeness (QED) is 0.811. The van der Waals surface area contributed by atoms with Gasteiger partial charge < -0.3 is 9.63 Å². The number of aromatic carboxylic acids is 1. The van der Waals surface area contributed by atoms with Crippen LogP contribution < -0.4 is 4.72 Å². The Balaban J connectivity index is 2.30. The predicted octanol–water partition coefficient (Wildman–Crippen LogP) is 2.07. The lowest BCUT2D eigenvalue weighted by Crippen LogP contribution is -2.28. The molecule has 130 valence electrons. The fourth-order valence-corrected chi connectivity index (χ4v) is 3.15. The molecule has 1 aromatic carbocycles. The summed E-state index contributed by atoms with van der Waals surface area (Å²) in [4.78, 5) is 14.2. The van der Waals surface area contributed by atoms with Gasteiger partial charge in [0.05, 0.1) is 11.6 Å². The van der Waals surface area contributed by atoms with Gasteiger partial charge in [-0.05, 0) is 25.1 Å². The minimum atomic E-state index is -4.32. The Morgan fingerprint density at radius 2 is 2.00 bits per heavy atom. The third-order valence-corrected chi connectivity index (χ3v) is 4.70. The average molecular weight is 357 g/mol. The number of hydrogen-bond donors (Lipinski definition) is 2. The van der Waals surface area contributed by atoms with Gasteiger partial charge in [0, 0.05) is 5.92 Å². The van der Waals surface area contributed by atoms with Gasteiger partial charge >= 0.3 is 5.97 Å². The lowest BCUT2D eigenvalue weighted by molar-refractivity contribution is 0.0696. The van der Waals surface area contributed by atoms with Crippen LogP contribution in [0.15, 0.2) is 27.6 Å². The summed E-state index contributed by atoms with van der Waals surface area (Å²) in [7, 11) is -4.32. The second-order valence-electron chi connectivity index (χ2n) is 5.44. The first-order valence-corrected chi connectivity index (χ1v) is 8.49. The van der Waals surface area contributed by atoms with E-state index in [1.807, 2.05) is 13.8 Å². The fourth-order valence-electron chi connectivity index (χ4n) is 1.85. The number of aromatic nitrogens is 2. The second-order valence-corrected chi connectivity index (χ2v) is 7.12. The highest BCUT2D eigenvalue weighted by Gasteiger charge is 2.26. The number of sulfonamides is 1. The first-order valence-electron chi connectivity index (χ1n) is 7.00. The zero-order valence-corrected chi connectivity index (χ0v) is 14.0. The lowest BCUT2D eigenvalue weighted by Gasteiger charge is -2.11. The Morgan fingerprint density at radius 3 is 2.54 bits per heavy atom. The largest absolute Gasteiger partial charge is 0.478 e. The molecule has 0 aliphatic carbocycles. The molecule has 0 saturated carbocycles. The summed E-state index contributed by atoms with van der Waals surface area (Å²) in [5, 5.41) is 12.6. The molecule has 1 atom stereocenters. The van der Waals surface area contributed by atoms with Crippen LogP contribution >= 0.6 is 0 Å². The summed E-state index contributed by atoms with van der Waals surface area (Å²) in [5.41, 5.74) is -0.343. The molecule has 1 unspecified atom stereocenters. The molecule has 2 N–H and O–H groups in total. The maximum Gasteiger partial charge on any atom is 0.335 e. The van der Waals surface area contributed by atoms with Crippen LogP contribution in [0, 0.1) is 5.82 Å². The van der Waals surface area contributed by atoms with Gasteiger partial charge in [0.2, 0.25) is 15.9 Å².